The first-order chi connectivity index (χ1) is 14.1. The van der Waals surface area contributed by atoms with E-state index >= 15 is 0 Å². The fraction of sp³-hybridized carbons (Fsp3) is 0.158. The Morgan fingerprint density at radius 2 is 2.14 bits per heavy atom. The predicted molar refractivity (Wildman–Crippen MR) is 108 cm³/mol. The van der Waals surface area contributed by atoms with Gasteiger partial charge in [-0.3, -0.25) is 0 Å². The van der Waals surface area contributed by atoms with E-state index in [1.165, 1.54) is 33.1 Å². The molecule has 0 unspecified atom stereocenters. The summed E-state index contributed by atoms with van der Waals surface area (Å²) in [6.45, 7) is 1.84. The average Bonchev–Trinajstić information content (AvgIpc) is 3.37. The monoisotopic (exact) mass is 414 g/mol. The van der Waals surface area contributed by atoms with Crippen molar-refractivity contribution in [3.05, 3.63) is 64.2 Å². The van der Waals surface area contributed by atoms with Crippen LogP contribution in [0, 0.1) is 11.6 Å². The van der Waals surface area contributed by atoms with Gasteiger partial charge in [-0.25, -0.2) is 13.8 Å². The second-order valence-corrected chi connectivity index (χ2v) is 7.92. The Kier molecular flexibility index (Phi) is 4.38. The third-order valence-electron chi connectivity index (χ3n) is 4.97. The van der Waals surface area contributed by atoms with Crippen LogP contribution in [0.3, 0.4) is 0 Å². The van der Waals surface area contributed by atoms with Crippen molar-refractivity contribution in [1.82, 2.24) is 15.8 Å². The van der Waals surface area contributed by atoms with Gasteiger partial charge < -0.3 is 11.1 Å². The molecular weight excluding hydrogens is 396 g/mol. The highest BCUT2D eigenvalue weighted by Gasteiger charge is 2.30. The summed E-state index contributed by atoms with van der Waals surface area (Å²) in [7, 11) is 0. The Morgan fingerprint density at radius 1 is 1.24 bits per heavy atom. The number of quaternary nitrogens is 1. The van der Waals surface area contributed by atoms with Crippen molar-refractivity contribution in [2.24, 2.45) is 5.10 Å². The van der Waals surface area contributed by atoms with Crippen molar-refractivity contribution in [2.45, 2.75) is 13.0 Å². The summed E-state index contributed by atoms with van der Waals surface area (Å²) in [6, 6.07) is 8.06. The standard InChI is InChI=1S/C19H17F2N7S/c20-13-2-1-3-14(17(13)21)28-19(25-26-27-28)12-6-11(8-24-18(12)22)15-7-10-4-5-23-9-16(10)29-15/h1-3,6-8,23,26-27H,4-5,9H2,(H2,22,24)/p+1. The van der Waals surface area contributed by atoms with Gasteiger partial charge in [-0.1, -0.05) is 6.07 Å². The lowest BCUT2D eigenvalue weighted by Gasteiger charge is -2.16. The average molecular weight is 414 g/mol. The number of anilines is 2. The molecule has 2 aromatic heterocycles. The molecule has 2 aliphatic heterocycles. The number of benzene rings is 1. The van der Waals surface area contributed by atoms with Crippen LogP contribution in [0.15, 0.2) is 41.6 Å². The molecule has 10 heteroatoms. The molecule has 6 N–H and O–H groups in total. The minimum atomic E-state index is -0.957. The van der Waals surface area contributed by atoms with E-state index in [0.717, 1.165) is 36.0 Å². The van der Waals surface area contributed by atoms with Crippen LogP contribution >= 0.6 is 11.3 Å². The van der Waals surface area contributed by atoms with Gasteiger partial charge in [0.1, 0.15) is 11.5 Å². The van der Waals surface area contributed by atoms with E-state index in [4.69, 9.17) is 5.73 Å². The Morgan fingerprint density at radius 3 is 3.00 bits per heavy atom. The van der Waals surface area contributed by atoms with Crippen LogP contribution in [0.1, 0.15) is 16.0 Å². The first-order valence-corrected chi connectivity index (χ1v) is 9.92. The molecule has 4 heterocycles. The smallest absolute Gasteiger partial charge is 0.220 e. The summed E-state index contributed by atoms with van der Waals surface area (Å²) in [5.41, 5.74) is 13.1. The molecule has 7 nitrogen and oxygen atoms in total. The number of pyridine rings is 1. The molecule has 148 valence electrons. The van der Waals surface area contributed by atoms with Crippen LogP contribution < -0.4 is 27.1 Å². The number of hydrogen-bond donors (Lipinski definition) is 4. The maximum atomic E-state index is 14.3. The number of hydrogen-bond acceptors (Lipinski definition) is 7. The van der Waals surface area contributed by atoms with Crippen LogP contribution in [0.2, 0.25) is 0 Å². The van der Waals surface area contributed by atoms with Gasteiger partial charge in [-0.15, -0.1) is 32.5 Å². The number of nitrogens with two attached hydrogens (primary N) is 2. The Bertz CT molecular complexity index is 1100. The first-order valence-electron chi connectivity index (χ1n) is 9.10. The van der Waals surface area contributed by atoms with E-state index in [-0.39, 0.29) is 11.5 Å². The number of amidine groups is 1. The van der Waals surface area contributed by atoms with Gasteiger partial charge in [0.15, 0.2) is 11.6 Å². The minimum absolute atomic E-state index is 0.0382. The topological polar surface area (TPSA) is 95.2 Å². The lowest BCUT2D eigenvalue weighted by molar-refractivity contribution is -0.703. The molecule has 0 fully saturated rings. The molecule has 0 saturated heterocycles. The second kappa shape index (κ2) is 7.07. The van der Waals surface area contributed by atoms with Gasteiger partial charge in [0.2, 0.25) is 5.84 Å². The molecule has 0 atom stereocenters. The predicted octanol–water partition coefficient (Wildman–Crippen LogP) is 1.48. The molecule has 2 aliphatic rings. The SMILES string of the molecule is Nc1ncc(-c2cc3c(s2)CNCC3)cc1C1=NN[NH2+]N1c1cccc(F)c1F. The molecule has 0 spiro atoms. The van der Waals surface area contributed by atoms with E-state index in [2.05, 4.69) is 27.0 Å². The number of nitrogens with zero attached hydrogens (tertiary/aromatic N) is 3. The Labute approximate surface area is 169 Å². The highest BCUT2D eigenvalue weighted by Crippen LogP contribution is 2.34. The molecule has 0 saturated carbocycles. The normalized spacial score (nSPS) is 15.8. The van der Waals surface area contributed by atoms with Crippen LogP contribution in [0.5, 0.6) is 0 Å². The molecule has 0 bridgehead atoms. The quantitative estimate of drug-likeness (QED) is 0.487. The number of rotatable bonds is 3. The highest BCUT2D eigenvalue weighted by molar-refractivity contribution is 7.15. The molecule has 0 radical (unpaired) electrons. The lowest BCUT2D eigenvalue weighted by atomic mass is 10.1. The third kappa shape index (κ3) is 3.11. The minimum Gasteiger partial charge on any atom is -0.383 e. The van der Waals surface area contributed by atoms with Gasteiger partial charge >= 0.3 is 0 Å². The van der Waals surface area contributed by atoms with Gasteiger partial charge in [0.05, 0.1) is 5.56 Å². The van der Waals surface area contributed by atoms with Gasteiger partial charge in [-0.2, -0.15) is 0 Å². The summed E-state index contributed by atoms with van der Waals surface area (Å²) in [4.78, 5) is 6.74. The Balaban J connectivity index is 1.55. The summed E-state index contributed by atoms with van der Waals surface area (Å²) >= 11 is 1.72. The maximum Gasteiger partial charge on any atom is 0.220 e. The summed E-state index contributed by atoms with van der Waals surface area (Å²) in [5, 5.41) is 9.02. The summed E-state index contributed by atoms with van der Waals surface area (Å²) < 4.78 is 28.1. The zero-order valence-electron chi connectivity index (χ0n) is 15.2. The third-order valence-corrected chi connectivity index (χ3v) is 6.20. The van der Waals surface area contributed by atoms with E-state index in [0.29, 0.717) is 11.4 Å². The van der Waals surface area contributed by atoms with Crippen LogP contribution in [0.4, 0.5) is 20.3 Å². The fourth-order valence-electron chi connectivity index (χ4n) is 3.50. The van der Waals surface area contributed by atoms with Crippen LogP contribution in [0.25, 0.3) is 10.4 Å². The summed E-state index contributed by atoms with van der Waals surface area (Å²) in [5.74, 6) is -1.28. The van der Waals surface area contributed by atoms with Crippen LogP contribution in [-0.4, -0.2) is 17.4 Å². The molecule has 3 aromatic rings. The van der Waals surface area contributed by atoms with Crippen molar-refractivity contribution in [3.8, 4) is 10.4 Å². The number of nitrogen functional groups attached to an aromatic ring is 1. The maximum absolute atomic E-state index is 14.3. The molecule has 0 amide bonds. The highest BCUT2D eigenvalue weighted by atomic mass is 32.1. The van der Waals surface area contributed by atoms with Crippen molar-refractivity contribution in [2.75, 3.05) is 17.3 Å². The molecule has 29 heavy (non-hydrogen) atoms. The van der Waals surface area contributed by atoms with Crippen molar-refractivity contribution >= 4 is 28.7 Å². The van der Waals surface area contributed by atoms with E-state index in [9.17, 15) is 8.78 Å². The van der Waals surface area contributed by atoms with E-state index < -0.39 is 11.6 Å². The van der Waals surface area contributed by atoms with Crippen LogP contribution in [-0.2, 0) is 13.0 Å². The largest absolute Gasteiger partial charge is 0.383 e. The number of thiophene rings is 1. The van der Waals surface area contributed by atoms with Gasteiger partial charge in [0, 0.05) is 28.1 Å². The van der Waals surface area contributed by atoms with E-state index in [1.54, 1.807) is 17.5 Å². The number of fused-ring (bicyclic) bond motifs is 1. The molecule has 1 aromatic carbocycles. The van der Waals surface area contributed by atoms with Crippen molar-refractivity contribution in [3.63, 3.8) is 0 Å². The second-order valence-electron chi connectivity index (χ2n) is 6.78. The van der Waals surface area contributed by atoms with E-state index in [1.807, 2.05) is 6.07 Å². The number of halogens is 2. The fourth-order valence-corrected chi connectivity index (χ4v) is 4.66. The molecule has 5 rings (SSSR count). The number of aromatic nitrogens is 1. The summed E-state index contributed by atoms with van der Waals surface area (Å²) in [6.07, 6.45) is 2.72. The number of nitrogens with one attached hydrogen (secondary N) is 2. The number of hydrazone groups is 1. The molecular formula is C19H18F2N7S+. The van der Waals surface area contributed by atoms with Crippen molar-refractivity contribution < 1.29 is 14.3 Å². The molecule has 0 aliphatic carbocycles. The van der Waals surface area contributed by atoms with Gasteiger partial charge in [-0.05, 0) is 42.8 Å². The first kappa shape index (κ1) is 18.0. The zero-order chi connectivity index (χ0) is 20.0. The lowest BCUT2D eigenvalue weighted by Crippen LogP contribution is -2.98. The van der Waals surface area contributed by atoms with Gasteiger partial charge in [0.25, 0.3) is 0 Å². The zero-order valence-corrected chi connectivity index (χ0v) is 16.1. The van der Waals surface area contributed by atoms with Crippen molar-refractivity contribution in [1.29, 1.82) is 0 Å². The Hall–Kier alpha value is -3.08.